The van der Waals surface area contributed by atoms with Crippen molar-refractivity contribution in [1.29, 1.82) is 0 Å². The van der Waals surface area contributed by atoms with Crippen LogP contribution in [0, 0.1) is 5.82 Å². The minimum atomic E-state index is -3.12. The molecule has 0 radical (unpaired) electrons. The van der Waals surface area contributed by atoms with E-state index in [1.807, 2.05) is 40.1 Å². The van der Waals surface area contributed by atoms with Gasteiger partial charge in [-0.2, -0.15) is 4.31 Å². The molecule has 4 rings (SSSR count). The van der Waals surface area contributed by atoms with Crippen LogP contribution in [0.25, 0.3) is 0 Å². The lowest BCUT2D eigenvalue weighted by Crippen LogP contribution is -2.49. The zero-order valence-corrected chi connectivity index (χ0v) is 19.8. The predicted octanol–water partition coefficient (Wildman–Crippen LogP) is 2.26. The van der Waals surface area contributed by atoms with E-state index < -0.39 is 10.0 Å². The van der Waals surface area contributed by atoms with E-state index in [0.29, 0.717) is 63.6 Å². The summed E-state index contributed by atoms with van der Waals surface area (Å²) >= 11 is 0. The van der Waals surface area contributed by atoms with Crippen LogP contribution >= 0.6 is 0 Å². The van der Waals surface area contributed by atoms with E-state index in [0.717, 1.165) is 12.1 Å². The summed E-state index contributed by atoms with van der Waals surface area (Å²) in [6.45, 7) is 7.16. The summed E-state index contributed by atoms with van der Waals surface area (Å²) in [5.41, 5.74) is 2.33. The summed E-state index contributed by atoms with van der Waals surface area (Å²) in [6.07, 6.45) is 0. The quantitative estimate of drug-likeness (QED) is 0.643. The summed E-state index contributed by atoms with van der Waals surface area (Å²) in [6, 6.07) is 14.4. The van der Waals surface area contributed by atoms with Crippen molar-refractivity contribution in [1.82, 2.24) is 14.1 Å². The molecular weight excluding hydrogens is 443 g/mol. The van der Waals surface area contributed by atoms with Crippen LogP contribution in [0.15, 0.2) is 48.5 Å². The smallest absolute Gasteiger partial charge is 0.253 e. The van der Waals surface area contributed by atoms with E-state index >= 15 is 0 Å². The monoisotopic (exact) mass is 474 g/mol. The van der Waals surface area contributed by atoms with Crippen LogP contribution in [0.1, 0.15) is 22.8 Å². The molecule has 1 amide bonds. The number of sulfonamides is 1. The third kappa shape index (κ3) is 5.54. The Morgan fingerprint density at radius 3 is 2.12 bits per heavy atom. The highest BCUT2D eigenvalue weighted by Gasteiger charge is 2.26. The maximum Gasteiger partial charge on any atom is 0.253 e. The fraction of sp³-hybridized carbons (Fsp3) is 0.458. The van der Waals surface area contributed by atoms with Crippen molar-refractivity contribution in [2.45, 2.75) is 13.5 Å². The summed E-state index contributed by atoms with van der Waals surface area (Å²) in [5, 5.41) is 0. The van der Waals surface area contributed by atoms with Crippen molar-refractivity contribution >= 4 is 21.6 Å². The van der Waals surface area contributed by atoms with E-state index in [2.05, 4.69) is 4.90 Å². The number of amides is 1. The van der Waals surface area contributed by atoms with Gasteiger partial charge in [0, 0.05) is 64.5 Å². The molecule has 2 aromatic rings. The molecule has 0 aliphatic carbocycles. The number of nitrogens with zero attached hydrogens (tertiary/aromatic N) is 4. The van der Waals surface area contributed by atoms with Crippen LogP contribution in [0.4, 0.5) is 10.1 Å². The third-order valence-electron chi connectivity index (χ3n) is 6.46. The number of hydrogen-bond acceptors (Lipinski definition) is 5. The molecular formula is C24H31FN4O3S. The van der Waals surface area contributed by atoms with Gasteiger partial charge in [0.1, 0.15) is 5.82 Å². The van der Waals surface area contributed by atoms with Crippen molar-refractivity contribution < 1.29 is 17.6 Å². The number of anilines is 1. The third-order valence-corrected chi connectivity index (χ3v) is 8.34. The van der Waals surface area contributed by atoms with Gasteiger partial charge in [0.2, 0.25) is 10.0 Å². The summed E-state index contributed by atoms with van der Waals surface area (Å²) < 4.78 is 39.6. The van der Waals surface area contributed by atoms with Crippen LogP contribution in [-0.4, -0.2) is 86.5 Å². The molecule has 0 aromatic heterocycles. The Labute approximate surface area is 195 Å². The molecule has 0 atom stereocenters. The number of piperazine rings is 2. The Hall–Kier alpha value is -2.49. The SMILES string of the molecule is CCS(=O)(=O)N1CCN(Cc2ccc(C(=O)N3CCN(c4ccccc4F)CC3)cc2)CC1. The average molecular weight is 475 g/mol. The highest BCUT2D eigenvalue weighted by Crippen LogP contribution is 2.21. The molecule has 7 nitrogen and oxygen atoms in total. The molecule has 2 aliphatic rings. The predicted molar refractivity (Wildman–Crippen MR) is 127 cm³/mol. The van der Waals surface area contributed by atoms with Gasteiger partial charge in [0.25, 0.3) is 5.91 Å². The van der Waals surface area contributed by atoms with Crippen LogP contribution in [0.3, 0.4) is 0 Å². The molecule has 9 heteroatoms. The zero-order valence-electron chi connectivity index (χ0n) is 19.0. The first-order chi connectivity index (χ1) is 15.9. The Morgan fingerprint density at radius 1 is 0.879 bits per heavy atom. The van der Waals surface area contributed by atoms with Gasteiger partial charge in [-0.1, -0.05) is 24.3 Å². The van der Waals surface area contributed by atoms with Gasteiger partial charge in [0.05, 0.1) is 11.4 Å². The maximum absolute atomic E-state index is 14.0. The van der Waals surface area contributed by atoms with Crippen molar-refractivity contribution in [2.24, 2.45) is 0 Å². The highest BCUT2D eigenvalue weighted by molar-refractivity contribution is 7.89. The van der Waals surface area contributed by atoms with E-state index in [1.54, 1.807) is 23.4 Å². The van der Waals surface area contributed by atoms with Crippen molar-refractivity contribution in [3.8, 4) is 0 Å². The topological polar surface area (TPSA) is 64.2 Å². The van der Waals surface area contributed by atoms with Gasteiger partial charge in [-0.3, -0.25) is 9.69 Å². The zero-order chi connectivity index (χ0) is 23.4. The van der Waals surface area contributed by atoms with Crippen LogP contribution in [-0.2, 0) is 16.6 Å². The van der Waals surface area contributed by atoms with Gasteiger partial charge in [-0.05, 0) is 36.8 Å². The standard InChI is InChI=1S/C24H31FN4O3S/c1-2-33(31,32)29-17-11-26(12-18-29)19-20-7-9-21(10-8-20)24(30)28-15-13-27(14-16-28)23-6-4-3-5-22(23)25/h3-10H,2,11-19H2,1H3. The molecule has 2 fully saturated rings. The number of para-hydroxylation sites is 1. The second-order valence-electron chi connectivity index (χ2n) is 8.50. The molecule has 0 saturated carbocycles. The first kappa shape index (κ1) is 23.7. The van der Waals surface area contributed by atoms with E-state index in [4.69, 9.17) is 0 Å². The molecule has 0 bridgehead atoms. The fourth-order valence-corrected chi connectivity index (χ4v) is 5.49. The number of benzene rings is 2. The summed E-state index contributed by atoms with van der Waals surface area (Å²) in [7, 11) is -3.12. The fourth-order valence-electron chi connectivity index (χ4n) is 4.40. The van der Waals surface area contributed by atoms with Gasteiger partial charge in [-0.25, -0.2) is 12.8 Å². The molecule has 2 aromatic carbocycles. The average Bonchev–Trinajstić information content (AvgIpc) is 2.85. The highest BCUT2D eigenvalue weighted by atomic mass is 32.2. The van der Waals surface area contributed by atoms with Crippen molar-refractivity contribution in [2.75, 3.05) is 63.0 Å². The number of hydrogen-bond donors (Lipinski definition) is 0. The van der Waals surface area contributed by atoms with E-state index in [-0.39, 0.29) is 17.5 Å². The number of rotatable bonds is 6. The summed E-state index contributed by atoms with van der Waals surface area (Å²) in [5.74, 6) is -0.102. The lowest BCUT2D eigenvalue weighted by molar-refractivity contribution is 0.0746. The molecule has 2 aliphatic heterocycles. The molecule has 33 heavy (non-hydrogen) atoms. The molecule has 2 saturated heterocycles. The van der Waals surface area contributed by atoms with Crippen LogP contribution in [0.5, 0.6) is 0 Å². The maximum atomic E-state index is 14.0. The lowest BCUT2D eigenvalue weighted by Gasteiger charge is -2.36. The van der Waals surface area contributed by atoms with Gasteiger partial charge in [0.15, 0.2) is 0 Å². The van der Waals surface area contributed by atoms with Crippen LogP contribution < -0.4 is 4.90 Å². The van der Waals surface area contributed by atoms with Gasteiger partial charge in [-0.15, -0.1) is 0 Å². The molecule has 0 N–H and O–H groups in total. The van der Waals surface area contributed by atoms with Gasteiger partial charge >= 0.3 is 0 Å². The Balaban J connectivity index is 1.28. The second kappa shape index (κ2) is 10.2. The Kier molecular flexibility index (Phi) is 7.31. The normalized spacial score (nSPS) is 18.5. The Bertz CT molecular complexity index is 1060. The molecule has 0 unspecified atom stereocenters. The van der Waals surface area contributed by atoms with E-state index in [9.17, 15) is 17.6 Å². The first-order valence-electron chi connectivity index (χ1n) is 11.5. The number of halogens is 1. The van der Waals surface area contributed by atoms with E-state index in [1.165, 1.54) is 6.07 Å². The van der Waals surface area contributed by atoms with Gasteiger partial charge < -0.3 is 9.80 Å². The second-order valence-corrected chi connectivity index (χ2v) is 10.8. The first-order valence-corrected chi connectivity index (χ1v) is 13.1. The molecule has 178 valence electrons. The minimum Gasteiger partial charge on any atom is -0.366 e. The number of carbonyl (C=O) groups excluding carboxylic acids is 1. The van der Waals surface area contributed by atoms with Crippen molar-refractivity contribution in [3.05, 3.63) is 65.5 Å². The van der Waals surface area contributed by atoms with Crippen LogP contribution in [0.2, 0.25) is 0 Å². The largest absolute Gasteiger partial charge is 0.366 e. The minimum absolute atomic E-state index is 0.00637. The Morgan fingerprint density at radius 2 is 1.52 bits per heavy atom. The molecule has 2 heterocycles. The van der Waals surface area contributed by atoms with Crippen molar-refractivity contribution in [3.63, 3.8) is 0 Å². The summed E-state index contributed by atoms with van der Waals surface area (Å²) in [4.78, 5) is 19.0. The molecule has 0 spiro atoms. The lowest BCUT2D eigenvalue weighted by atomic mass is 10.1. The number of carbonyl (C=O) groups is 1.